The van der Waals surface area contributed by atoms with Gasteiger partial charge in [-0.2, -0.15) is 0 Å². The Labute approximate surface area is 90.1 Å². The van der Waals surface area contributed by atoms with Crippen LogP contribution >= 0.6 is 0 Å². The molecule has 0 aliphatic rings. The minimum atomic E-state index is -0.0516. The van der Waals surface area contributed by atoms with Crippen molar-refractivity contribution in [3.63, 3.8) is 0 Å². The Kier molecular flexibility index (Phi) is 2.45. The maximum atomic E-state index is 5.74. The maximum Gasteiger partial charge on any atom is 0.0705 e. The minimum absolute atomic E-state index is 0.0516. The molecule has 1 heterocycles. The van der Waals surface area contributed by atoms with E-state index >= 15 is 0 Å². The number of para-hydroxylation sites is 1. The predicted molar refractivity (Wildman–Crippen MR) is 63.8 cm³/mol. The van der Waals surface area contributed by atoms with Crippen LogP contribution in [0.5, 0.6) is 0 Å². The van der Waals surface area contributed by atoms with Gasteiger partial charge in [0.05, 0.1) is 5.52 Å². The highest BCUT2D eigenvalue weighted by atomic mass is 14.7. The second-order valence-electron chi connectivity index (χ2n) is 4.48. The first kappa shape index (κ1) is 10.1. The van der Waals surface area contributed by atoms with Crippen LogP contribution in [0.4, 0.5) is 0 Å². The van der Waals surface area contributed by atoms with Gasteiger partial charge in [-0.05, 0) is 12.1 Å². The number of hydrogen-bond donors (Lipinski definition) is 1. The van der Waals surface area contributed by atoms with Crippen LogP contribution in [0.25, 0.3) is 10.9 Å². The van der Waals surface area contributed by atoms with Crippen molar-refractivity contribution in [2.45, 2.75) is 19.3 Å². The van der Waals surface area contributed by atoms with Gasteiger partial charge in [-0.15, -0.1) is 0 Å². The summed E-state index contributed by atoms with van der Waals surface area (Å²) < 4.78 is 0. The largest absolute Gasteiger partial charge is 0.330 e. The molecule has 2 heteroatoms. The van der Waals surface area contributed by atoms with Gasteiger partial charge in [0.15, 0.2) is 0 Å². The molecule has 0 aliphatic heterocycles. The zero-order valence-corrected chi connectivity index (χ0v) is 9.20. The zero-order chi connectivity index (χ0) is 10.9. The summed E-state index contributed by atoms with van der Waals surface area (Å²) in [6, 6.07) is 12.3. The standard InChI is InChI=1S/C13H16N2/c1-13(2,9-14)12-8-7-10-5-3-4-6-11(10)15-12/h3-8H,9,14H2,1-2H3. The number of nitrogens with zero attached hydrogens (tertiary/aromatic N) is 1. The third kappa shape index (κ3) is 1.85. The van der Waals surface area contributed by atoms with Crippen LogP contribution in [-0.4, -0.2) is 11.5 Å². The maximum absolute atomic E-state index is 5.74. The van der Waals surface area contributed by atoms with Crippen molar-refractivity contribution in [2.24, 2.45) is 5.73 Å². The summed E-state index contributed by atoms with van der Waals surface area (Å²) in [5.41, 5.74) is 7.79. The zero-order valence-electron chi connectivity index (χ0n) is 9.20. The van der Waals surface area contributed by atoms with Gasteiger partial charge in [0.25, 0.3) is 0 Å². The van der Waals surface area contributed by atoms with E-state index in [2.05, 4.69) is 37.0 Å². The second kappa shape index (κ2) is 3.63. The van der Waals surface area contributed by atoms with Gasteiger partial charge in [0.2, 0.25) is 0 Å². The summed E-state index contributed by atoms with van der Waals surface area (Å²) in [5, 5.41) is 1.18. The van der Waals surface area contributed by atoms with Crippen LogP contribution in [0, 0.1) is 0 Å². The molecule has 2 aromatic rings. The number of benzene rings is 1. The molecule has 1 aromatic heterocycles. The first-order chi connectivity index (χ1) is 7.13. The first-order valence-electron chi connectivity index (χ1n) is 5.20. The Bertz CT molecular complexity index is 475. The number of nitrogens with two attached hydrogens (primary N) is 1. The normalized spacial score (nSPS) is 11.9. The summed E-state index contributed by atoms with van der Waals surface area (Å²) in [7, 11) is 0. The molecule has 0 saturated heterocycles. The molecule has 78 valence electrons. The summed E-state index contributed by atoms with van der Waals surface area (Å²) in [5.74, 6) is 0. The molecule has 0 spiro atoms. The molecule has 0 radical (unpaired) electrons. The fourth-order valence-corrected chi connectivity index (χ4v) is 1.55. The van der Waals surface area contributed by atoms with Gasteiger partial charge < -0.3 is 5.73 Å². The molecule has 0 aliphatic carbocycles. The number of aromatic nitrogens is 1. The Morgan fingerprint density at radius 2 is 1.87 bits per heavy atom. The summed E-state index contributed by atoms with van der Waals surface area (Å²) in [6.07, 6.45) is 0. The topological polar surface area (TPSA) is 38.9 Å². The molecule has 0 amide bonds. The van der Waals surface area contributed by atoms with Gasteiger partial charge in [-0.3, -0.25) is 4.98 Å². The molecular weight excluding hydrogens is 184 g/mol. The molecular formula is C13H16N2. The van der Waals surface area contributed by atoms with Crippen molar-refractivity contribution in [3.05, 3.63) is 42.1 Å². The van der Waals surface area contributed by atoms with Gasteiger partial charge in [-0.1, -0.05) is 38.1 Å². The Morgan fingerprint density at radius 1 is 1.13 bits per heavy atom. The van der Waals surface area contributed by atoms with Crippen LogP contribution in [0.1, 0.15) is 19.5 Å². The number of fused-ring (bicyclic) bond motifs is 1. The van der Waals surface area contributed by atoms with E-state index in [-0.39, 0.29) is 5.41 Å². The van der Waals surface area contributed by atoms with Gasteiger partial charge in [-0.25, -0.2) is 0 Å². The van der Waals surface area contributed by atoms with Crippen LogP contribution in [0.2, 0.25) is 0 Å². The monoisotopic (exact) mass is 200 g/mol. The van der Waals surface area contributed by atoms with Crippen molar-refractivity contribution < 1.29 is 0 Å². The predicted octanol–water partition coefficient (Wildman–Crippen LogP) is 2.47. The van der Waals surface area contributed by atoms with Crippen molar-refractivity contribution in [2.75, 3.05) is 6.54 Å². The van der Waals surface area contributed by atoms with Gasteiger partial charge >= 0.3 is 0 Å². The van der Waals surface area contributed by atoms with Crippen LogP contribution < -0.4 is 5.73 Å². The molecule has 2 N–H and O–H groups in total. The molecule has 0 fully saturated rings. The first-order valence-corrected chi connectivity index (χ1v) is 5.20. The highest BCUT2D eigenvalue weighted by molar-refractivity contribution is 5.78. The fourth-order valence-electron chi connectivity index (χ4n) is 1.55. The Hall–Kier alpha value is -1.41. The lowest BCUT2D eigenvalue weighted by Gasteiger charge is -2.21. The fraction of sp³-hybridized carbons (Fsp3) is 0.308. The molecule has 0 bridgehead atoms. The van der Waals surface area contributed by atoms with Gasteiger partial charge in [0, 0.05) is 23.0 Å². The van der Waals surface area contributed by atoms with E-state index < -0.39 is 0 Å². The number of pyridine rings is 1. The van der Waals surface area contributed by atoms with Crippen molar-refractivity contribution in [1.29, 1.82) is 0 Å². The van der Waals surface area contributed by atoms with E-state index in [0.29, 0.717) is 6.54 Å². The van der Waals surface area contributed by atoms with E-state index in [1.54, 1.807) is 0 Å². The van der Waals surface area contributed by atoms with E-state index in [9.17, 15) is 0 Å². The minimum Gasteiger partial charge on any atom is -0.330 e. The summed E-state index contributed by atoms with van der Waals surface area (Å²) in [4.78, 5) is 4.64. The quantitative estimate of drug-likeness (QED) is 0.808. The second-order valence-corrected chi connectivity index (χ2v) is 4.48. The van der Waals surface area contributed by atoms with Crippen molar-refractivity contribution >= 4 is 10.9 Å². The highest BCUT2D eigenvalue weighted by Gasteiger charge is 2.19. The average molecular weight is 200 g/mol. The lowest BCUT2D eigenvalue weighted by Crippen LogP contribution is -2.29. The van der Waals surface area contributed by atoms with E-state index in [4.69, 9.17) is 5.73 Å². The van der Waals surface area contributed by atoms with Crippen molar-refractivity contribution in [1.82, 2.24) is 4.98 Å². The summed E-state index contributed by atoms with van der Waals surface area (Å²) in [6.45, 7) is 4.84. The molecule has 0 atom stereocenters. The molecule has 0 unspecified atom stereocenters. The third-order valence-electron chi connectivity index (χ3n) is 2.80. The molecule has 2 nitrogen and oxygen atoms in total. The Balaban J connectivity index is 2.56. The van der Waals surface area contributed by atoms with Crippen LogP contribution in [0.15, 0.2) is 36.4 Å². The number of rotatable bonds is 2. The van der Waals surface area contributed by atoms with Gasteiger partial charge in [0.1, 0.15) is 0 Å². The Morgan fingerprint density at radius 3 is 2.60 bits per heavy atom. The highest BCUT2D eigenvalue weighted by Crippen LogP contribution is 2.22. The average Bonchev–Trinajstić information content (AvgIpc) is 2.28. The lowest BCUT2D eigenvalue weighted by atomic mass is 9.89. The van der Waals surface area contributed by atoms with E-state index in [1.807, 2.05) is 18.2 Å². The molecule has 15 heavy (non-hydrogen) atoms. The summed E-state index contributed by atoms with van der Waals surface area (Å²) >= 11 is 0. The third-order valence-corrected chi connectivity index (χ3v) is 2.80. The van der Waals surface area contributed by atoms with Crippen LogP contribution in [-0.2, 0) is 5.41 Å². The van der Waals surface area contributed by atoms with E-state index in [1.165, 1.54) is 5.39 Å². The number of hydrogen-bond acceptors (Lipinski definition) is 2. The van der Waals surface area contributed by atoms with Crippen LogP contribution in [0.3, 0.4) is 0 Å². The lowest BCUT2D eigenvalue weighted by molar-refractivity contribution is 0.524. The smallest absolute Gasteiger partial charge is 0.0705 e. The molecule has 0 saturated carbocycles. The molecule has 2 rings (SSSR count). The SMILES string of the molecule is CC(C)(CN)c1ccc2ccccc2n1. The molecule has 1 aromatic carbocycles. The van der Waals surface area contributed by atoms with E-state index in [0.717, 1.165) is 11.2 Å². The van der Waals surface area contributed by atoms with Crippen molar-refractivity contribution in [3.8, 4) is 0 Å².